The van der Waals surface area contributed by atoms with Crippen LogP contribution >= 0.6 is 0 Å². The number of benzene rings is 1. The molecule has 1 aromatic carbocycles. The van der Waals surface area contributed by atoms with Crippen molar-refractivity contribution < 1.29 is 14.8 Å². The Morgan fingerprint density at radius 1 is 1.44 bits per heavy atom. The molecular weight excluding hydrogens is 211 g/mol. The van der Waals surface area contributed by atoms with Gasteiger partial charge in [-0.3, -0.25) is 10.1 Å². The van der Waals surface area contributed by atoms with Gasteiger partial charge in [-0.25, -0.2) is 4.79 Å². The molecule has 0 aliphatic heterocycles. The largest absolute Gasteiger partial charge is 0.476 e. The number of para-hydroxylation sites is 1. The van der Waals surface area contributed by atoms with Gasteiger partial charge >= 0.3 is 11.7 Å². The van der Waals surface area contributed by atoms with Crippen LogP contribution in [0.2, 0.25) is 0 Å². The molecule has 0 saturated heterocycles. The van der Waals surface area contributed by atoms with Crippen LogP contribution in [0.25, 0.3) is 10.9 Å². The molecule has 1 N–H and O–H groups in total. The topological polar surface area (TPSA) is 85.4 Å². The fraction of sp³-hybridized carbons (Fsp3) is 0. The van der Waals surface area contributed by atoms with E-state index in [-0.39, 0.29) is 5.39 Å². The van der Waals surface area contributed by atoms with Gasteiger partial charge in [-0.05, 0) is 12.1 Å². The average molecular weight is 216 g/mol. The summed E-state index contributed by atoms with van der Waals surface area (Å²) < 4.78 is 0.815. The third kappa shape index (κ3) is 1.25. The minimum atomic E-state index is -1.43. The van der Waals surface area contributed by atoms with Gasteiger partial charge in [-0.15, -0.1) is 0 Å². The van der Waals surface area contributed by atoms with E-state index in [0.717, 1.165) is 4.48 Å². The number of rotatable bonds is 2. The minimum Gasteiger partial charge on any atom is -0.476 e. The highest BCUT2D eigenvalue weighted by atomic mass is 16.6. The Morgan fingerprint density at radius 3 is 2.62 bits per heavy atom. The van der Waals surface area contributed by atoms with Crippen molar-refractivity contribution in [1.82, 2.24) is 4.48 Å². The van der Waals surface area contributed by atoms with Crippen molar-refractivity contribution in [3.05, 3.63) is 40.1 Å². The van der Waals surface area contributed by atoms with E-state index >= 15 is 0 Å². The molecule has 0 spiro atoms. The van der Waals surface area contributed by atoms with Gasteiger partial charge in [0.15, 0.2) is 5.69 Å². The van der Waals surface area contributed by atoms with Crippen LogP contribution in [0.3, 0.4) is 0 Å². The normalized spacial score (nSPS) is 10.5. The first-order valence-electron chi connectivity index (χ1n) is 4.30. The van der Waals surface area contributed by atoms with E-state index in [4.69, 9.17) is 13.1 Å². The van der Waals surface area contributed by atoms with E-state index in [1.165, 1.54) is 12.1 Å². The van der Waals surface area contributed by atoms with Gasteiger partial charge in [-0.1, -0.05) is 12.1 Å². The maximum absolute atomic E-state index is 10.9. The number of nitrogens with zero attached hydrogens (tertiary/aromatic N) is 2. The van der Waals surface area contributed by atoms with Crippen molar-refractivity contribution in [3.8, 4) is 0 Å². The third-order valence-electron chi connectivity index (χ3n) is 2.27. The van der Waals surface area contributed by atoms with Crippen LogP contribution in [-0.4, -0.2) is 28.5 Å². The maximum Gasteiger partial charge on any atom is 0.358 e. The average Bonchev–Trinajstić information content (AvgIpc) is 2.53. The van der Waals surface area contributed by atoms with E-state index in [1.807, 2.05) is 0 Å². The molecule has 0 bridgehead atoms. The van der Waals surface area contributed by atoms with E-state index in [0.29, 0.717) is 5.52 Å². The molecule has 7 heteroatoms. The molecule has 2 aromatic rings. The minimum absolute atomic E-state index is 0.215. The number of fused-ring (bicyclic) bond motifs is 1. The van der Waals surface area contributed by atoms with Crippen LogP contribution in [0.5, 0.6) is 0 Å². The summed E-state index contributed by atoms with van der Waals surface area (Å²) in [4.78, 5) is 21.0. The smallest absolute Gasteiger partial charge is 0.358 e. The Balaban J connectivity index is 2.97. The molecule has 78 valence electrons. The zero-order chi connectivity index (χ0) is 11.9. The van der Waals surface area contributed by atoms with Crippen LogP contribution in [0, 0.1) is 10.1 Å². The highest BCUT2D eigenvalue weighted by Crippen LogP contribution is 2.31. The number of hydrogen-bond acceptors (Lipinski definition) is 3. The standard InChI is InChI=1S/C9H5BN2O4/c10-11-6-4-2-1-3-5(6)7(12(15)16)8(11)9(13)14/h1-4H,(H,13,14). The van der Waals surface area contributed by atoms with Crippen LogP contribution in [0.4, 0.5) is 5.69 Å². The van der Waals surface area contributed by atoms with E-state index in [1.54, 1.807) is 12.1 Å². The lowest BCUT2D eigenvalue weighted by Crippen LogP contribution is -2.08. The van der Waals surface area contributed by atoms with E-state index in [2.05, 4.69) is 0 Å². The predicted molar refractivity (Wildman–Crippen MR) is 56.7 cm³/mol. The van der Waals surface area contributed by atoms with E-state index in [9.17, 15) is 14.9 Å². The van der Waals surface area contributed by atoms with Gasteiger partial charge in [-0.2, -0.15) is 0 Å². The Kier molecular flexibility index (Phi) is 2.15. The molecule has 1 aromatic heterocycles. The molecule has 0 saturated carbocycles. The summed E-state index contributed by atoms with van der Waals surface area (Å²) in [7, 11) is 5.51. The number of carboxylic acid groups (broad SMARTS) is 1. The molecular formula is C9H5BN2O4. The number of hydrogen-bond donors (Lipinski definition) is 1. The third-order valence-corrected chi connectivity index (χ3v) is 2.27. The maximum atomic E-state index is 10.9. The molecule has 0 aliphatic carbocycles. The first-order chi connectivity index (χ1) is 7.54. The van der Waals surface area contributed by atoms with Crippen LogP contribution < -0.4 is 0 Å². The highest BCUT2D eigenvalue weighted by molar-refractivity contribution is 6.18. The van der Waals surface area contributed by atoms with Crippen molar-refractivity contribution >= 4 is 30.5 Å². The number of aromatic nitrogens is 1. The molecule has 0 aliphatic rings. The summed E-state index contributed by atoms with van der Waals surface area (Å²) in [6.45, 7) is 0. The summed E-state index contributed by atoms with van der Waals surface area (Å²) in [5.74, 6) is -1.43. The predicted octanol–water partition coefficient (Wildman–Crippen LogP) is 1.18. The summed E-state index contributed by atoms with van der Waals surface area (Å²) in [6, 6.07) is 6.19. The SMILES string of the molecule is [B]n1c(C(=O)O)c([N+](=O)[O-])c2ccccc21. The van der Waals surface area contributed by atoms with Crippen molar-refractivity contribution in [2.75, 3.05) is 0 Å². The van der Waals surface area contributed by atoms with Gasteiger partial charge < -0.3 is 9.58 Å². The van der Waals surface area contributed by atoms with Gasteiger partial charge in [0.2, 0.25) is 7.98 Å². The fourth-order valence-corrected chi connectivity index (χ4v) is 1.64. The Hall–Kier alpha value is -2.31. The lowest BCUT2D eigenvalue weighted by Gasteiger charge is -1.97. The molecule has 0 fully saturated rings. The lowest BCUT2D eigenvalue weighted by molar-refractivity contribution is -0.383. The molecule has 16 heavy (non-hydrogen) atoms. The quantitative estimate of drug-likeness (QED) is 0.463. The Labute approximate surface area is 90.7 Å². The van der Waals surface area contributed by atoms with Gasteiger partial charge in [0, 0.05) is 5.52 Å². The lowest BCUT2D eigenvalue weighted by atomic mass is 10.2. The van der Waals surface area contributed by atoms with Crippen molar-refractivity contribution in [1.29, 1.82) is 0 Å². The monoisotopic (exact) mass is 216 g/mol. The van der Waals surface area contributed by atoms with Crippen LogP contribution in [0.15, 0.2) is 24.3 Å². The highest BCUT2D eigenvalue weighted by Gasteiger charge is 2.28. The van der Waals surface area contributed by atoms with Gasteiger partial charge in [0.05, 0.1) is 10.3 Å². The number of nitro groups is 1. The molecule has 2 radical (unpaired) electrons. The Bertz CT molecular complexity index is 605. The second kappa shape index (κ2) is 3.37. The Morgan fingerprint density at radius 2 is 2.06 bits per heavy atom. The van der Waals surface area contributed by atoms with Crippen molar-refractivity contribution in [3.63, 3.8) is 0 Å². The van der Waals surface area contributed by atoms with Gasteiger partial charge in [0.1, 0.15) is 0 Å². The number of carboxylic acids is 1. The molecule has 1 heterocycles. The summed E-state index contributed by atoms with van der Waals surface area (Å²) >= 11 is 0. The van der Waals surface area contributed by atoms with Crippen molar-refractivity contribution in [2.45, 2.75) is 0 Å². The molecule has 0 atom stereocenters. The molecule has 6 nitrogen and oxygen atoms in total. The summed E-state index contributed by atoms with van der Waals surface area (Å²) in [5.41, 5.74) is -0.691. The first kappa shape index (κ1) is 10.2. The fourth-order valence-electron chi connectivity index (χ4n) is 1.64. The summed E-state index contributed by atoms with van der Waals surface area (Å²) in [6.07, 6.45) is 0. The van der Waals surface area contributed by atoms with Crippen LogP contribution in [-0.2, 0) is 0 Å². The zero-order valence-corrected chi connectivity index (χ0v) is 7.95. The van der Waals surface area contributed by atoms with Gasteiger partial charge in [0.25, 0.3) is 0 Å². The second-order valence-electron chi connectivity index (χ2n) is 3.15. The molecule has 0 amide bonds. The molecule has 2 rings (SSSR count). The molecule has 0 unspecified atom stereocenters. The number of carbonyl (C=O) groups is 1. The zero-order valence-electron chi connectivity index (χ0n) is 7.95. The van der Waals surface area contributed by atoms with E-state index < -0.39 is 22.3 Å². The van der Waals surface area contributed by atoms with Crippen molar-refractivity contribution in [2.24, 2.45) is 0 Å². The summed E-state index contributed by atoms with van der Waals surface area (Å²) in [5, 5.41) is 19.9. The number of aromatic carboxylic acids is 1. The van der Waals surface area contributed by atoms with Crippen LogP contribution in [0.1, 0.15) is 10.5 Å². The first-order valence-corrected chi connectivity index (χ1v) is 4.30. The second-order valence-corrected chi connectivity index (χ2v) is 3.15.